The zero-order valence-electron chi connectivity index (χ0n) is 24.1. The topological polar surface area (TPSA) is 142 Å². The Balaban J connectivity index is 1.43. The fraction of sp³-hybridized carbons (Fsp3) is 0.333. The predicted octanol–water partition coefficient (Wildman–Crippen LogP) is 4.17. The Morgan fingerprint density at radius 3 is 2.52 bits per heavy atom. The van der Waals surface area contributed by atoms with Crippen LogP contribution in [0.25, 0.3) is 22.2 Å². The Labute approximate surface area is 256 Å². The van der Waals surface area contributed by atoms with E-state index in [1.807, 2.05) is 0 Å². The van der Waals surface area contributed by atoms with Gasteiger partial charge in [0.25, 0.3) is 5.91 Å². The summed E-state index contributed by atoms with van der Waals surface area (Å²) in [6.45, 7) is -0.778. The number of fused-ring (bicyclic) bond motifs is 2. The van der Waals surface area contributed by atoms with E-state index in [0.717, 1.165) is 12.8 Å². The molecule has 2 aromatic heterocycles. The second kappa shape index (κ2) is 10.6. The molecule has 0 spiro atoms. The van der Waals surface area contributed by atoms with Crippen molar-refractivity contribution in [2.24, 2.45) is 5.73 Å². The lowest BCUT2D eigenvalue weighted by molar-refractivity contribution is -0.265. The number of carbonyl (C=O) groups excluding carboxylic acids is 2. The molecule has 0 saturated heterocycles. The highest BCUT2D eigenvalue weighted by atomic mass is 19.4. The fourth-order valence-corrected chi connectivity index (χ4v) is 5.27. The number of nitrogens with one attached hydrogen (secondary N) is 1. The van der Waals surface area contributed by atoms with Crippen LogP contribution in [0.5, 0.6) is 11.5 Å². The lowest BCUT2D eigenvalue weighted by atomic mass is 9.81. The van der Waals surface area contributed by atoms with Crippen LogP contribution in [0.3, 0.4) is 0 Å². The molecule has 3 heterocycles. The molecular weight excluding hydrogens is 624 g/mol. The maximum Gasteiger partial charge on any atom is 0.424 e. The summed E-state index contributed by atoms with van der Waals surface area (Å²) in [7, 11) is 1.34. The van der Waals surface area contributed by atoms with Crippen LogP contribution in [0.1, 0.15) is 47.4 Å². The Kier molecular flexibility index (Phi) is 7.18. The van der Waals surface area contributed by atoms with Crippen LogP contribution in [0.15, 0.2) is 36.5 Å². The lowest BCUT2D eigenvalue weighted by Crippen LogP contribution is -2.51. The van der Waals surface area contributed by atoms with E-state index >= 15 is 0 Å². The van der Waals surface area contributed by atoms with Crippen LogP contribution in [0, 0.1) is 17.5 Å². The van der Waals surface area contributed by atoms with E-state index < -0.39 is 82.3 Å². The van der Waals surface area contributed by atoms with Crippen molar-refractivity contribution in [2.45, 2.75) is 43.0 Å². The van der Waals surface area contributed by atoms with Crippen LogP contribution in [0.4, 0.5) is 26.3 Å². The molecule has 46 heavy (non-hydrogen) atoms. The number of halogens is 6. The highest BCUT2D eigenvalue weighted by Gasteiger charge is 2.58. The number of methoxy groups -OCH3 is 1. The number of nitrogens with two attached hydrogens (primary N) is 1. The lowest BCUT2D eigenvalue weighted by Gasteiger charge is -2.31. The minimum Gasteiger partial charge on any atom is -0.494 e. The van der Waals surface area contributed by atoms with Crippen molar-refractivity contribution in [1.29, 1.82) is 0 Å². The average Bonchev–Trinajstić information content (AvgIpc) is 3.68. The number of nitrogens with zero attached hydrogens (tertiary/aromatic N) is 3. The van der Waals surface area contributed by atoms with Gasteiger partial charge < -0.3 is 25.6 Å². The number of alkyl halides is 3. The third-order valence-electron chi connectivity index (χ3n) is 8.30. The molecule has 16 heteroatoms. The number of rotatable bonds is 8. The maximum absolute atomic E-state index is 14.9. The molecule has 1 aliphatic heterocycles. The van der Waals surface area contributed by atoms with E-state index in [1.54, 1.807) is 10.9 Å². The molecule has 1 fully saturated rings. The van der Waals surface area contributed by atoms with Gasteiger partial charge in [0.1, 0.15) is 34.7 Å². The molecule has 2 aromatic carbocycles. The SMILES string of the molecule is COc1cc(C(=O)NCC(O)(c2cc3c(c(-c4ccc(F)c(F)c4F)n2)OC[C@]3(C)C(N)=O)C(F)(F)F)cc2cn(C3CC3)nc12. The van der Waals surface area contributed by atoms with Gasteiger partial charge in [-0.05, 0) is 50.1 Å². The third-order valence-corrected chi connectivity index (χ3v) is 8.30. The van der Waals surface area contributed by atoms with Gasteiger partial charge in [0, 0.05) is 28.3 Å². The number of aliphatic hydroxyl groups is 1. The summed E-state index contributed by atoms with van der Waals surface area (Å²) in [5.74, 6) is -7.63. The van der Waals surface area contributed by atoms with E-state index in [4.69, 9.17) is 15.2 Å². The first-order valence-electron chi connectivity index (χ1n) is 13.9. The maximum atomic E-state index is 14.9. The van der Waals surface area contributed by atoms with Gasteiger partial charge in [-0.2, -0.15) is 18.3 Å². The third kappa shape index (κ3) is 4.87. The Hall–Kier alpha value is -4.86. The predicted molar refractivity (Wildman–Crippen MR) is 148 cm³/mol. The minimum atomic E-state index is -5.53. The molecule has 2 atom stereocenters. The van der Waals surface area contributed by atoms with Crippen molar-refractivity contribution in [2.75, 3.05) is 20.3 Å². The van der Waals surface area contributed by atoms with E-state index in [9.17, 15) is 41.0 Å². The normalized spacial score (nSPS) is 19.0. The smallest absolute Gasteiger partial charge is 0.424 e. The van der Waals surface area contributed by atoms with Gasteiger partial charge >= 0.3 is 6.18 Å². The largest absolute Gasteiger partial charge is 0.494 e. The number of hydrogen-bond acceptors (Lipinski definition) is 7. The van der Waals surface area contributed by atoms with E-state index in [2.05, 4.69) is 15.4 Å². The molecular formula is C30H25F6N5O5. The number of amides is 2. The van der Waals surface area contributed by atoms with Crippen LogP contribution < -0.4 is 20.5 Å². The minimum absolute atomic E-state index is 0.106. The summed E-state index contributed by atoms with van der Waals surface area (Å²) in [4.78, 5) is 29.4. The molecule has 0 radical (unpaired) electrons. The highest BCUT2D eigenvalue weighted by Crippen LogP contribution is 2.48. The number of carbonyl (C=O) groups is 2. The van der Waals surface area contributed by atoms with Gasteiger partial charge in [-0.3, -0.25) is 14.3 Å². The van der Waals surface area contributed by atoms with Crippen molar-refractivity contribution >= 4 is 22.7 Å². The number of ether oxygens (including phenoxy) is 2. The molecule has 6 rings (SSSR count). The van der Waals surface area contributed by atoms with Gasteiger partial charge in [-0.25, -0.2) is 18.2 Å². The number of pyridine rings is 1. The number of benzene rings is 2. The van der Waals surface area contributed by atoms with Crippen LogP contribution in [-0.2, 0) is 15.8 Å². The van der Waals surface area contributed by atoms with E-state index in [-0.39, 0.29) is 22.9 Å². The molecule has 0 bridgehead atoms. The molecule has 1 unspecified atom stereocenters. The zero-order chi connectivity index (χ0) is 33.3. The van der Waals surface area contributed by atoms with Crippen molar-refractivity contribution in [3.63, 3.8) is 0 Å². The number of hydrogen-bond donors (Lipinski definition) is 3. The Morgan fingerprint density at radius 2 is 1.89 bits per heavy atom. The second-order valence-corrected chi connectivity index (χ2v) is 11.4. The molecule has 1 saturated carbocycles. The van der Waals surface area contributed by atoms with Crippen LogP contribution in [-0.4, -0.2) is 58.1 Å². The molecule has 2 amide bonds. The molecule has 1 aliphatic carbocycles. The summed E-state index contributed by atoms with van der Waals surface area (Å²) in [6.07, 6.45) is -2.00. The van der Waals surface area contributed by atoms with Crippen molar-refractivity contribution < 1.29 is 50.5 Å². The quantitative estimate of drug-likeness (QED) is 0.192. The van der Waals surface area contributed by atoms with Gasteiger partial charge in [0.15, 0.2) is 17.5 Å². The standard InChI is InChI=1S/C30H25F6N5O5/c1-28(27(37)43)12-46-25-17(28)9-20(39-24(25)16-5-6-18(31)22(33)21(16)32)29(44,30(34,35)36)11-38-26(42)13-7-14-10-41(15-3-4-15)40-23(14)19(8-13)45-2/h5-10,15,44H,3-4,11-12H2,1-2H3,(H2,37,43)(H,38,42)/t28-,29?/m0/s1. The zero-order valence-corrected chi connectivity index (χ0v) is 24.1. The molecule has 4 N–H and O–H groups in total. The van der Waals surface area contributed by atoms with Gasteiger partial charge in [0.05, 0.1) is 25.4 Å². The summed E-state index contributed by atoms with van der Waals surface area (Å²) < 4.78 is 99.5. The first kappa shape index (κ1) is 31.1. The first-order valence-corrected chi connectivity index (χ1v) is 13.9. The first-order chi connectivity index (χ1) is 21.6. The molecule has 4 aromatic rings. The fourth-order valence-electron chi connectivity index (χ4n) is 5.27. The summed E-state index contributed by atoms with van der Waals surface area (Å²) in [6, 6.07) is 4.82. The van der Waals surface area contributed by atoms with E-state index in [1.165, 1.54) is 26.2 Å². The van der Waals surface area contributed by atoms with Crippen LogP contribution in [0.2, 0.25) is 0 Å². The molecule has 2 aliphatic rings. The average molecular weight is 650 g/mol. The Morgan fingerprint density at radius 1 is 1.17 bits per heavy atom. The summed E-state index contributed by atoms with van der Waals surface area (Å²) in [5.41, 5.74) is -2.97. The number of primary amides is 1. The van der Waals surface area contributed by atoms with Crippen molar-refractivity contribution in [3.05, 3.63) is 70.8 Å². The highest BCUT2D eigenvalue weighted by molar-refractivity contribution is 6.00. The summed E-state index contributed by atoms with van der Waals surface area (Å²) in [5, 5.41) is 18.2. The second-order valence-electron chi connectivity index (χ2n) is 11.4. The van der Waals surface area contributed by atoms with Crippen molar-refractivity contribution in [3.8, 4) is 22.8 Å². The van der Waals surface area contributed by atoms with Gasteiger partial charge in [-0.1, -0.05) is 0 Å². The molecule has 10 nitrogen and oxygen atoms in total. The van der Waals surface area contributed by atoms with Gasteiger partial charge in [0.2, 0.25) is 11.5 Å². The van der Waals surface area contributed by atoms with Crippen LogP contribution >= 0.6 is 0 Å². The Bertz CT molecular complexity index is 1930. The van der Waals surface area contributed by atoms with E-state index in [0.29, 0.717) is 29.1 Å². The summed E-state index contributed by atoms with van der Waals surface area (Å²) >= 11 is 0. The molecule has 242 valence electrons. The van der Waals surface area contributed by atoms with Crippen molar-refractivity contribution in [1.82, 2.24) is 20.1 Å². The monoisotopic (exact) mass is 649 g/mol. The number of aromatic nitrogens is 3. The van der Waals surface area contributed by atoms with Gasteiger partial charge in [-0.15, -0.1) is 0 Å².